The molecule has 0 bridgehead atoms. The second-order valence-electron chi connectivity index (χ2n) is 6.33. The first-order chi connectivity index (χ1) is 8.52. The van der Waals surface area contributed by atoms with E-state index in [2.05, 4.69) is 44.9 Å². The standard InChI is InChI=1S/C16H35NSi/c1-6-8-10-12-16(18(3,4)5)13-11-15-17-14-9-7-2/h12,17H,6-11,13-15H2,1-5H3/b16-12-. The fourth-order valence-electron chi connectivity index (χ4n) is 2.09. The Morgan fingerprint density at radius 1 is 0.944 bits per heavy atom. The minimum absolute atomic E-state index is 1.08. The van der Waals surface area contributed by atoms with Gasteiger partial charge in [-0.1, -0.05) is 64.0 Å². The molecule has 0 aliphatic carbocycles. The van der Waals surface area contributed by atoms with Gasteiger partial charge in [-0.25, -0.2) is 0 Å². The lowest BCUT2D eigenvalue weighted by Crippen LogP contribution is -2.25. The quantitative estimate of drug-likeness (QED) is 0.404. The van der Waals surface area contributed by atoms with Gasteiger partial charge in [0.2, 0.25) is 0 Å². The molecule has 2 heteroatoms. The number of rotatable bonds is 11. The zero-order valence-electron chi connectivity index (χ0n) is 13.4. The SMILES string of the molecule is CCCC/C=C(/CCCNCCCC)[Si](C)(C)C. The van der Waals surface area contributed by atoms with Crippen molar-refractivity contribution < 1.29 is 0 Å². The Balaban J connectivity index is 3.92. The Labute approximate surface area is 116 Å². The molecule has 0 spiro atoms. The summed E-state index contributed by atoms with van der Waals surface area (Å²) in [5.41, 5.74) is 0. The van der Waals surface area contributed by atoms with E-state index in [9.17, 15) is 0 Å². The third-order valence-electron chi connectivity index (χ3n) is 3.42. The molecule has 0 atom stereocenters. The number of nitrogens with one attached hydrogen (secondary N) is 1. The Kier molecular flexibility index (Phi) is 10.8. The minimum Gasteiger partial charge on any atom is -0.317 e. The van der Waals surface area contributed by atoms with E-state index in [1.165, 1.54) is 58.0 Å². The van der Waals surface area contributed by atoms with Crippen molar-refractivity contribution in [3.05, 3.63) is 11.3 Å². The van der Waals surface area contributed by atoms with E-state index in [-0.39, 0.29) is 0 Å². The van der Waals surface area contributed by atoms with Gasteiger partial charge >= 0.3 is 0 Å². The van der Waals surface area contributed by atoms with Crippen LogP contribution in [-0.4, -0.2) is 21.2 Å². The van der Waals surface area contributed by atoms with E-state index in [1.807, 2.05) is 0 Å². The number of hydrogen-bond acceptors (Lipinski definition) is 1. The highest BCUT2D eigenvalue weighted by Gasteiger charge is 2.18. The molecule has 0 amide bonds. The summed E-state index contributed by atoms with van der Waals surface area (Å²) in [6, 6.07) is 0. The summed E-state index contributed by atoms with van der Waals surface area (Å²) in [6.07, 6.45) is 11.7. The third-order valence-corrected chi connectivity index (χ3v) is 5.80. The van der Waals surface area contributed by atoms with Gasteiger partial charge in [0.05, 0.1) is 8.07 Å². The fraction of sp³-hybridized carbons (Fsp3) is 0.875. The highest BCUT2D eigenvalue weighted by molar-refractivity contribution is 6.83. The Hall–Kier alpha value is -0.0831. The maximum atomic E-state index is 3.55. The number of unbranched alkanes of at least 4 members (excludes halogenated alkanes) is 3. The molecule has 0 fully saturated rings. The van der Waals surface area contributed by atoms with Crippen LogP contribution in [0.3, 0.4) is 0 Å². The predicted molar refractivity (Wildman–Crippen MR) is 88.0 cm³/mol. The van der Waals surface area contributed by atoms with Crippen LogP contribution in [0.4, 0.5) is 0 Å². The molecule has 18 heavy (non-hydrogen) atoms. The summed E-state index contributed by atoms with van der Waals surface area (Å²) >= 11 is 0. The molecule has 0 aliphatic heterocycles. The average molecular weight is 270 g/mol. The molecule has 0 unspecified atom stereocenters. The van der Waals surface area contributed by atoms with Crippen LogP contribution in [0.1, 0.15) is 58.8 Å². The first-order valence-corrected chi connectivity index (χ1v) is 11.4. The molecule has 0 heterocycles. The van der Waals surface area contributed by atoms with Gasteiger partial charge in [0.15, 0.2) is 0 Å². The van der Waals surface area contributed by atoms with Crippen LogP contribution in [0.25, 0.3) is 0 Å². The van der Waals surface area contributed by atoms with Gasteiger partial charge in [-0.15, -0.1) is 0 Å². The molecule has 0 radical (unpaired) electrons. The zero-order valence-corrected chi connectivity index (χ0v) is 14.4. The zero-order chi connectivity index (χ0) is 13.9. The first kappa shape index (κ1) is 17.9. The molecule has 1 nitrogen and oxygen atoms in total. The first-order valence-electron chi connectivity index (χ1n) is 7.92. The van der Waals surface area contributed by atoms with E-state index >= 15 is 0 Å². The Bertz CT molecular complexity index is 216. The van der Waals surface area contributed by atoms with E-state index in [0.29, 0.717) is 0 Å². The summed E-state index contributed by atoms with van der Waals surface area (Å²) < 4.78 is 0. The molecule has 108 valence electrons. The van der Waals surface area contributed by atoms with Crippen molar-refractivity contribution in [3.63, 3.8) is 0 Å². The van der Waals surface area contributed by atoms with Crippen LogP contribution in [0, 0.1) is 0 Å². The van der Waals surface area contributed by atoms with Gasteiger partial charge in [0, 0.05) is 0 Å². The Morgan fingerprint density at radius 3 is 2.11 bits per heavy atom. The van der Waals surface area contributed by atoms with Crippen molar-refractivity contribution in [2.45, 2.75) is 78.4 Å². The fourth-order valence-corrected chi connectivity index (χ4v) is 3.78. The number of allylic oxidation sites excluding steroid dienone is 2. The molecule has 0 aliphatic rings. The average Bonchev–Trinajstić information content (AvgIpc) is 2.30. The topological polar surface area (TPSA) is 12.0 Å². The second kappa shape index (κ2) is 10.8. The minimum atomic E-state index is -1.08. The summed E-state index contributed by atoms with van der Waals surface area (Å²) in [5.74, 6) is 0. The van der Waals surface area contributed by atoms with Gasteiger partial charge in [-0.05, 0) is 38.8 Å². The van der Waals surface area contributed by atoms with Gasteiger partial charge < -0.3 is 5.32 Å². The second-order valence-corrected chi connectivity index (χ2v) is 11.5. The predicted octanol–water partition coefficient (Wildman–Crippen LogP) is 5.15. The van der Waals surface area contributed by atoms with E-state index in [4.69, 9.17) is 0 Å². The Morgan fingerprint density at radius 2 is 1.56 bits per heavy atom. The lowest BCUT2D eigenvalue weighted by atomic mass is 10.2. The summed E-state index contributed by atoms with van der Waals surface area (Å²) in [7, 11) is -1.08. The van der Waals surface area contributed by atoms with Gasteiger partial charge in [0.1, 0.15) is 0 Å². The van der Waals surface area contributed by atoms with Crippen LogP contribution in [0.5, 0.6) is 0 Å². The van der Waals surface area contributed by atoms with Gasteiger partial charge in [0.25, 0.3) is 0 Å². The normalized spacial score (nSPS) is 13.1. The summed E-state index contributed by atoms with van der Waals surface area (Å²) in [4.78, 5) is 0. The van der Waals surface area contributed by atoms with E-state index < -0.39 is 8.07 Å². The molecule has 0 aromatic rings. The lowest BCUT2D eigenvalue weighted by molar-refractivity contribution is 0.618. The van der Waals surface area contributed by atoms with Crippen molar-refractivity contribution in [2.75, 3.05) is 13.1 Å². The van der Waals surface area contributed by atoms with Crippen LogP contribution in [0.2, 0.25) is 19.6 Å². The molecule has 1 N–H and O–H groups in total. The van der Waals surface area contributed by atoms with Gasteiger partial charge in [-0.2, -0.15) is 0 Å². The van der Waals surface area contributed by atoms with Gasteiger partial charge in [-0.3, -0.25) is 0 Å². The molecule has 0 aromatic heterocycles. The molecular weight excluding hydrogens is 234 g/mol. The highest BCUT2D eigenvalue weighted by atomic mass is 28.3. The number of hydrogen-bond donors (Lipinski definition) is 1. The summed E-state index contributed by atoms with van der Waals surface area (Å²) in [6.45, 7) is 14.4. The van der Waals surface area contributed by atoms with Crippen LogP contribution >= 0.6 is 0 Å². The van der Waals surface area contributed by atoms with Crippen molar-refractivity contribution in [3.8, 4) is 0 Å². The maximum Gasteiger partial charge on any atom is 0.0720 e. The van der Waals surface area contributed by atoms with Crippen LogP contribution < -0.4 is 5.32 Å². The third kappa shape index (κ3) is 9.90. The highest BCUT2D eigenvalue weighted by Crippen LogP contribution is 2.20. The van der Waals surface area contributed by atoms with Crippen LogP contribution in [0.15, 0.2) is 11.3 Å². The summed E-state index contributed by atoms with van der Waals surface area (Å²) in [5, 5.41) is 5.33. The van der Waals surface area contributed by atoms with E-state index in [1.54, 1.807) is 5.20 Å². The molecule has 0 saturated carbocycles. The maximum absolute atomic E-state index is 3.55. The van der Waals surface area contributed by atoms with Crippen molar-refractivity contribution in [2.24, 2.45) is 0 Å². The molecule has 0 rings (SSSR count). The lowest BCUT2D eigenvalue weighted by Gasteiger charge is -2.21. The van der Waals surface area contributed by atoms with Crippen LogP contribution in [-0.2, 0) is 0 Å². The van der Waals surface area contributed by atoms with Crippen molar-refractivity contribution >= 4 is 8.07 Å². The van der Waals surface area contributed by atoms with E-state index in [0.717, 1.165) is 0 Å². The molecular formula is C16H35NSi. The monoisotopic (exact) mass is 269 g/mol. The largest absolute Gasteiger partial charge is 0.317 e. The smallest absolute Gasteiger partial charge is 0.0720 e. The van der Waals surface area contributed by atoms with Crippen molar-refractivity contribution in [1.29, 1.82) is 0 Å². The molecule has 0 saturated heterocycles. The van der Waals surface area contributed by atoms with Crippen molar-refractivity contribution in [1.82, 2.24) is 5.32 Å². The molecule has 0 aromatic carbocycles.